The molecular formula is C26H22N2O6S. The Kier molecular flexibility index (Phi) is 7.47. The number of nitro benzene ring substituents is 1. The summed E-state index contributed by atoms with van der Waals surface area (Å²) >= 11 is 0.912. The van der Waals surface area contributed by atoms with Gasteiger partial charge in [0, 0.05) is 18.7 Å². The average Bonchev–Trinajstić information content (AvgIpc) is 3.14. The third kappa shape index (κ3) is 5.88. The molecule has 9 heteroatoms. The SMILES string of the molecule is COc1cc(/C=C2/SC(=O)N(CCc3ccccc3)C2=O)ccc1OCc1cccc([N+](=O)[O-])c1. The predicted molar refractivity (Wildman–Crippen MR) is 133 cm³/mol. The van der Waals surface area contributed by atoms with Crippen molar-refractivity contribution in [1.82, 2.24) is 4.90 Å². The topological polar surface area (TPSA) is 99.0 Å². The van der Waals surface area contributed by atoms with Gasteiger partial charge < -0.3 is 9.47 Å². The minimum Gasteiger partial charge on any atom is -0.493 e. The summed E-state index contributed by atoms with van der Waals surface area (Å²) in [7, 11) is 1.50. The number of hydrogen-bond acceptors (Lipinski definition) is 7. The third-order valence-electron chi connectivity index (χ3n) is 5.34. The molecular weight excluding hydrogens is 468 g/mol. The number of nitro groups is 1. The summed E-state index contributed by atoms with van der Waals surface area (Å²) in [6.45, 7) is 0.442. The standard InChI is InChI=1S/C26H22N2O6S/c1-33-23-15-19(10-11-22(23)34-17-20-8-5-9-21(14-20)28(31)32)16-24-25(29)27(26(30)35-24)13-12-18-6-3-2-4-7-18/h2-11,14-16H,12-13,17H2,1H3/b24-16+. The Morgan fingerprint density at radius 1 is 0.971 bits per heavy atom. The van der Waals surface area contributed by atoms with Crippen LogP contribution in [0.4, 0.5) is 10.5 Å². The molecule has 0 N–H and O–H groups in total. The normalized spacial score (nSPS) is 14.4. The second kappa shape index (κ2) is 10.9. The van der Waals surface area contributed by atoms with Gasteiger partial charge in [-0.3, -0.25) is 24.6 Å². The van der Waals surface area contributed by atoms with Crippen molar-refractivity contribution in [3.63, 3.8) is 0 Å². The van der Waals surface area contributed by atoms with Crippen LogP contribution in [0, 0.1) is 10.1 Å². The van der Waals surface area contributed by atoms with E-state index in [9.17, 15) is 19.7 Å². The van der Waals surface area contributed by atoms with Crippen LogP contribution in [0.25, 0.3) is 6.08 Å². The van der Waals surface area contributed by atoms with Crippen LogP contribution < -0.4 is 9.47 Å². The Labute approximate surface area is 206 Å². The van der Waals surface area contributed by atoms with E-state index in [4.69, 9.17) is 9.47 Å². The maximum atomic E-state index is 12.8. The number of ether oxygens (including phenoxy) is 2. The zero-order valence-electron chi connectivity index (χ0n) is 18.9. The Hall–Kier alpha value is -4.11. The van der Waals surface area contributed by atoms with Gasteiger partial charge in [0.2, 0.25) is 0 Å². The van der Waals surface area contributed by atoms with Gasteiger partial charge in [0.1, 0.15) is 6.61 Å². The van der Waals surface area contributed by atoms with Crippen molar-refractivity contribution < 1.29 is 24.0 Å². The molecule has 178 valence electrons. The van der Waals surface area contributed by atoms with Crippen LogP contribution in [0.2, 0.25) is 0 Å². The monoisotopic (exact) mass is 490 g/mol. The van der Waals surface area contributed by atoms with E-state index in [0.717, 1.165) is 17.3 Å². The van der Waals surface area contributed by atoms with Crippen LogP contribution >= 0.6 is 11.8 Å². The first-order valence-electron chi connectivity index (χ1n) is 10.8. The Morgan fingerprint density at radius 2 is 1.74 bits per heavy atom. The quantitative estimate of drug-likeness (QED) is 0.223. The largest absolute Gasteiger partial charge is 0.493 e. The number of amides is 2. The molecule has 3 aromatic carbocycles. The van der Waals surface area contributed by atoms with Crippen molar-refractivity contribution in [2.24, 2.45) is 0 Å². The lowest BCUT2D eigenvalue weighted by Crippen LogP contribution is -2.30. The van der Waals surface area contributed by atoms with Crippen molar-refractivity contribution in [1.29, 1.82) is 0 Å². The van der Waals surface area contributed by atoms with Crippen molar-refractivity contribution in [3.05, 3.63) is 105 Å². The van der Waals surface area contributed by atoms with Crippen LogP contribution in [0.15, 0.2) is 77.7 Å². The summed E-state index contributed by atoms with van der Waals surface area (Å²) in [5.74, 6) is 0.570. The Balaban J connectivity index is 1.44. The number of thioether (sulfide) groups is 1. The van der Waals surface area contributed by atoms with E-state index in [-0.39, 0.29) is 23.4 Å². The molecule has 1 saturated heterocycles. The zero-order valence-corrected chi connectivity index (χ0v) is 19.7. The number of carbonyl (C=O) groups excluding carboxylic acids is 2. The average molecular weight is 491 g/mol. The van der Waals surface area contributed by atoms with E-state index in [1.165, 1.54) is 24.1 Å². The van der Waals surface area contributed by atoms with Gasteiger partial charge in [0.15, 0.2) is 11.5 Å². The fourth-order valence-corrected chi connectivity index (χ4v) is 4.41. The summed E-state index contributed by atoms with van der Waals surface area (Å²) in [5, 5.41) is 10.7. The van der Waals surface area contributed by atoms with Crippen LogP contribution in [0.1, 0.15) is 16.7 Å². The molecule has 3 aromatic rings. The molecule has 0 aliphatic carbocycles. The van der Waals surface area contributed by atoms with Gasteiger partial charge in [-0.2, -0.15) is 0 Å². The molecule has 0 bridgehead atoms. The first-order chi connectivity index (χ1) is 16.9. The zero-order chi connectivity index (χ0) is 24.8. The van der Waals surface area contributed by atoms with E-state index in [1.54, 1.807) is 36.4 Å². The number of carbonyl (C=O) groups is 2. The van der Waals surface area contributed by atoms with Gasteiger partial charge in [-0.15, -0.1) is 0 Å². The molecule has 2 amide bonds. The Bertz CT molecular complexity index is 1290. The molecule has 0 aromatic heterocycles. The van der Waals surface area contributed by atoms with E-state index < -0.39 is 4.92 Å². The van der Waals surface area contributed by atoms with Crippen molar-refractivity contribution in [2.75, 3.05) is 13.7 Å². The fraction of sp³-hybridized carbons (Fsp3) is 0.154. The van der Waals surface area contributed by atoms with E-state index in [2.05, 4.69) is 0 Å². The second-order valence-electron chi connectivity index (χ2n) is 7.69. The Morgan fingerprint density at radius 3 is 2.49 bits per heavy atom. The van der Waals surface area contributed by atoms with Crippen LogP contribution in [0.3, 0.4) is 0 Å². The van der Waals surface area contributed by atoms with Crippen molar-refractivity contribution >= 4 is 34.7 Å². The smallest absolute Gasteiger partial charge is 0.293 e. The van der Waals surface area contributed by atoms with Gasteiger partial charge in [0.05, 0.1) is 16.9 Å². The molecule has 0 spiro atoms. The van der Waals surface area contributed by atoms with Gasteiger partial charge in [-0.1, -0.05) is 48.5 Å². The highest BCUT2D eigenvalue weighted by molar-refractivity contribution is 8.18. The molecule has 0 atom stereocenters. The first kappa shape index (κ1) is 24.0. The molecule has 35 heavy (non-hydrogen) atoms. The number of non-ortho nitro benzene ring substituents is 1. The lowest BCUT2D eigenvalue weighted by atomic mass is 10.1. The van der Waals surface area contributed by atoms with Gasteiger partial charge in [-0.05, 0) is 53.1 Å². The molecule has 1 aliphatic rings. The van der Waals surface area contributed by atoms with Crippen molar-refractivity contribution in [2.45, 2.75) is 13.0 Å². The van der Waals surface area contributed by atoms with Crippen LogP contribution in [-0.4, -0.2) is 34.6 Å². The number of nitrogens with zero attached hydrogens (tertiary/aromatic N) is 2. The van der Waals surface area contributed by atoms with E-state index >= 15 is 0 Å². The van der Waals surface area contributed by atoms with E-state index in [1.807, 2.05) is 30.3 Å². The molecule has 8 nitrogen and oxygen atoms in total. The number of benzene rings is 3. The predicted octanol–water partition coefficient (Wildman–Crippen LogP) is 5.46. The number of imide groups is 1. The van der Waals surface area contributed by atoms with Gasteiger partial charge in [-0.25, -0.2) is 0 Å². The fourth-order valence-electron chi connectivity index (χ4n) is 3.54. The third-order valence-corrected chi connectivity index (χ3v) is 6.25. The second-order valence-corrected chi connectivity index (χ2v) is 8.69. The maximum Gasteiger partial charge on any atom is 0.293 e. The first-order valence-corrected chi connectivity index (χ1v) is 11.6. The molecule has 0 unspecified atom stereocenters. The summed E-state index contributed by atoms with van der Waals surface area (Å²) < 4.78 is 11.2. The van der Waals surface area contributed by atoms with Crippen LogP contribution in [-0.2, 0) is 17.8 Å². The molecule has 0 saturated carbocycles. The lowest BCUT2D eigenvalue weighted by molar-refractivity contribution is -0.384. The number of rotatable bonds is 9. The highest BCUT2D eigenvalue weighted by Crippen LogP contribution is 2.35. The van der Waals surface area contributed by atoms with Crippen molar-refractivity contribution in [3.8, 4) is 11.5 Å². The molecule has 0 radical (unpaired) electrons. The summed E-state index contributed by atoms with van der Waals surface area (Å²) in [6.07, 6.45) is 2.25. The molecule has 4 rings (SSSR count). The van der Waals surface area contributed by atoms with E-state index in [0.29, 0.717) is 40.5 Å². The summed E-state index contributed by atoms with van der Waals surface area (Å²) in [6, 6.07) is 21.1. The highest BCUT2D eigenvalue weighted by atomic mass is 32.2. The summed E-state index contributed by atoms with van der Waals surface area (Å²) in [4.78, 5) is 37.3. The van der Waals surface area contributed by atoms with Gasteiger partial charge >= 0.3 is 0 Å². The number of hydrogen-bond donors (Lipinski definition) is 0. The molecule has 1 aliphatic heterocycles. The minimum atomic E-state index is -0.456. The highest BCUT2D eigenvalue weighted by Gasteiger charge is 2.34. The van der Waals surface area contributed by atoms with Crippen LogP contribution in [0.5, 0.6) is 11.5 Å². The molecule has 1 heterocycles. The maximum absolute atomic E-state index is 12.8. The number of methoxy groups -OCH3 is 1. The summed E-state index contributed by atoms with van der Waals surface area (Å²) in [5.41, 5.74) is 2.37. The van der Waals surface area contributed by atoms with Gasteiger partial charge in [0.25, 0.3) is 16.8 Å². The molecule has 1 fully saturated rings. The minimum absolute atomic E-state index is 0.00821. The lowest BCUT2D eigenvalue weighted by Gasteiger charge is -2.12.